The number of nitrogens with zero attached hydrogens (tertiary/aromatic N) is 4. The molecule has 0 fully saturated rings. The molecule has 0 bridgehead atoms. The van der Waals surface area contributed by atoms with E-state index in [2.05, 4.69) is 29.2 Å². The average molecular weight is 341 g/mol. The first-order valence-corrected chi connectivity index (χ1v) is 8.55. The highest BCUT2D eigenvalue weighted by Crippen LogP contribution is 2.28. The lowest BCUT2D eigenvalue weighted by atomic mass is 9.94. The third-order valence-electron chi connectivity index (χ3n) is 4.71. The van der Waals surface area contributed by atoms with E-state index < -0.39 is 5.92 Å². The summed E-state index contributed by atoms with van der Waals surface area (Å²) in [6, 6.07) is 5.72. The summed E-state index contributed by atoms with van der Waals surface area (Å²) in [5.41, 5.74) is 1.66. The van der Waals surface area contributed by atoms with Crippen molar-refractivity contribution in [2.75, 3.05) is 11.9 Å². The zero-order valence-corrected chi connectivity index (χ0v) is 14.8. The molecular formula is C18H23N5O2. The maximum atomic E-state index is 12.9. The van der Waals surface area contributed by atoms with Gasteiger partial charge in [0.15, 0.2) is 0 Å². The summed E-state index contributed by atoms with van der Waals surface area (Å²) in [5.74, 6) is -0.0428. The van der Waals surface area contributed by atoms with Crippen molar-refractivity contribution in [3.8, 4) is 0 Å². The van der Waals surface area contributed by atoms with Crippen LogP contribution in [0.4, 0.5) is 5.82 Å². The average Bonchev–Trinajstić information content (AvgIpc) is 3.08. The van der Waals surface area contributed by atoms with E-state index in [1.165, 1.54) is 6.92 Å². The van der Waals surface area contributed by atoms with E-state index >= 15 is 0 Å². The molecule has 132 valence electrons. The third kappa shape index (κ3) is 3.40. The molecule has 0 aromatic carbocycles. The zero-order chi connectivity index (χ0) is 18.0. The number of rotatable bonds is 4. The smallest absolute Gasteiger partial charge is 0.236 e. The molecule has 0 saturated heterocycles. The number of hydrogen-bond acceptors (Lipinski definition) is 4. The molecule has 7 nitrogen and oxygen atoms in total. The molecule has 2 amide bonds. The van der Waals surface area contributed by atoms with Gasteiger partial charge in [-0.2, -0.15) is 5.10 Å². The van der Waals surface area contributed by atoms with Crippen LogP contribution in [0.3, 0.4) is 0 Å². The molecule has 2 atom stereocenters. The van der Waals surface area contributed by atoms with Crippen LogP contribution in [-0.4, -0.2) is 38.0 Å². The van der Waals surface area contributed by atoms with Crippen LogP contribution in [0, 0.1) is 0 Å². The minimum Gasteiger partial charge on any atom is -0.337 e. The van der Waals surface area contributed by atoms with Crippen LogP contribution in [0.1, 0.15) is 50.4 Å². The molecule has 3 rings (SSSR count). The Morgan fingerprint density at radius 1 is 1.36 bits per heavy atom. The predicted molar refractivity (Wildman–Crippen MR) is 93.9 cm³/mol. The van der Waals surface area contributed by atoms with Crippen molar-refractivity contribution in [1.82, 2.24) is 19.7 Å². The van der Waals surface area contributed by atoms with Gasteiger partial charge in [0.25, 0.3) is 0 Å². The monoisotopic (exact) mass is 341 g/mol. The van der Waals surface area contributed by atoms with Crippen molar-refractivity contribution in [2.24, 2.45) is 0 Å². The predicted octanol–water partition coefficient (Wildman–Crippen LogP) is 2.33. The van der Waals surface area contributed by atoms with Crippen LogP contribution >= 0.6 is 0 Å². The normalized spacial score (nSPS) is 17.7. The Morgan fingerprint density at radius 3 is 2.88 bits per heavy atom. The maximum absolute atomic E-state index is 12.9. The van der Waals surface area contributed by atoms with Gasteiger partial charge in [-0.15, -0.1) is 0 Å². The second kappa shape index (κ2) is 7.04. The minimum atomic E-state index is -0.492. The van der Waals surface area contributed by atoms with E-state index in [0.29, 0.717) is 18.9 Å². The van der Waals surface area contributed by atoms with Gasteiger partial charge in [-0.05, 0) is 25.0 Å². The summed E-state index contributed by atoms with van der Waals surface area (Å²) >= 11 is 0. The zero-order valence-electron chi connectivity index (χ0n) is 14.8. The van der Waals surface area contributed by atoms with Crippen molar-refractivity contribution in [3.05, 3.63) is 41.9 Å². The second-order valence-corrected chi connectivity index (χ2v) is 6.41. The molecule has 2 aromatic heterocycles. The molecule has 1 aliphatic heterocycles. The molecule has 2 unspecified atom stereocenters. The summed E-state index contributed by atoms with van der Waals surface area (Å²) in [7, 11) is 0. The van der Waals surface area contributed by atoms with Crippen molar-refractivity contribution in [2.45, 2.75) is 45.7 Å². The Labute approximate surface area is 147 Å². The van der Waals surface area contributed by atoms with E-state index in [4.69, 9.17) is 0 Å². The van der Waals surface area contributed by atoms with Crippen molar-refractivity contribution in [3.63, 3.8) is 0 Å². The number of carbonyl (C=O) groups excluding carboxylic acids is 2. The van der Waals surface area contributed by atoms with Gasteiger partial charge in [0, 0.05) is 32.3 Å². The number of aromatic nitrogens is 3. The highest BCUT2D eigenvalue weighted by molar-refractivity contribution is 5.96. The number of pyridine rings is 1. The summed E-state index contributed by atoms with van der Waals surface area (Å²) in [4.78, 5) is 30.8. The molecule has 3 heterocycles. The van der Waals surface area contributed by atoms with Crippen LogP contribution in [0.2, 0.25) is 0 Å². The van der Waals surface area contributed by atoms with Gasteiger partial charge in [-0.25, -0.2) is 4.68 Å². The van der Waals surface area contributed by atoms with Crippen LogP contribution in [-0.2, 0) is 16.1 Å². The Balaban J connectivity index is 1.86. The van der Waals surface area contributed by atoms with E-state index in [-0.39, 0.29) is 17.9 Å². The fourth-order valence-electron chi connectivity index (χ4n) is 3.07. The fourth-order valence-corrected chi connectivity index (χ4v) is 3.07. The molecule has 0 radical (unpaired) electrons. The lowest BCUT2D eigenvalue weighted by Gasteiger charge is -2.32. The largest absolute Gasteiger partial charge is 0.337 e. The highest BCUT2D eigenvalue weighted by Gasteiger charge is 2.33. The van der Waals surface area contributed by atoms with Crippen LogP contribution in [0.15, 0.2) is 30.6 Å². The second-order valence-electron chi connectivity index (χ2n) is 6.41. The quantitative estimate of drug-likeness (QED) is 0.925. The molecular weight excluding hydrogens is 318 g/mol. The first-order valence-electron chi connectivity index (χ1n) is 8.55. The number of fused-ring (bicyclic) bond motifs is 1. The lowest BCUT2D eigenvalue weighted by molar-refractivity contribution is -0.131. The van der Waals surface area contributed by atoms with E-state index in [0.717, 1.165) is 17.7 Å². The SMILES string of the molecule is CCC(C)n1nccc1NC(=O)C1CN(C(C)=O)Cc2cccnc21. The van der Waals surface area contributed by atoms with Crippen molar-refractivity contribution in [1.29, 1.82) is 0 Å². The van der Waals surface area contributed by atoms with Gasteiger partial charge in [0.2, 0.25) is 11.8 Å². The minimum absolute atomic E-state index is 0.0445. The van der Waals surface area contributed by atoms with Crippen molar-refractivity contribution < 1.29 is 9.59 Å². The third-order valence-corrected chi connectivity index (χ3v) is 4.71. The van der Waals surface area contributed by atoms with Gasteiger partial charge in [-0.3, -0.25) is 14.6 Å². The summed E-state index contributed by atoms with van der Waals surface area (Å²) in [6.45, 7) is 6.48. The Morgan fingerprint density at radius 2 is 2.16 bits per heavy atom. The Kier molecular flexibility index (Phi) is 4.83. The molecule has 1 aliphatic rings. The molecule has 0 spiro atoms. The molecule has 0 aliphatic carbocycles. The number of carbonyl (C=O) groups is 2. The van der Waals surface area contributed by atoms with Gasteiger partial charge >= 0.3 is 0 Å². The van der Waals surface area contributed by atoms with Gasteiger partial charge in [-0.1, -0.05) is 13.0 Å². The first-order chi connectivity index (χ1) is 12.0. The maximum Gasteiger partial charge on any atom is 0.236 e. The number of amides is 2. The first kappa shape index (κ1) is 17.1. The molecule has 1 N–H and O–H groups in total. The Bertz CT molecular complexity index is 785. The Hall–Kier alpha value is -2.70. The summed E-state index contributed by atoms with van der Waals surface area (Å²) in [6.07, 6.45) is 4.28. The van der Waals surface area contributed by atoms with Crippen LogP contribution in [0.5, 0.6) is 0 Å². The van der Waals surface area contributed by atoms with E-state index in [9.17, 15) is 9.59 Å². The molecule has 25 heavy (non-hydrogen) atoms. The fraction of sp³-hybridized carbons (Fsp3) is 0.444. The number of anilines is 1. The summed E-state index contributed by atoms with van der Waals surface area (Å²) < 4.78 is 1.81. The van der Waals surface area contributed by atoms with Gasteiger partial charge in [0.1, 0.15) is 5.82 Å². The van der Waals surface area contributed by atoms with E-state index in [1.54, 1.807) is 23.4 Å². The molecule has 0 saturated carbocycles. The van der Waals surface area contributed by atoms with E-state index in [1.807, 2.05) is 16.8 Å². The summed E-state index contributed by atoms with van der Waals surface area (Å²) in [5, 5.41) is 7.25. The number of nitrogens with one attached hydrogen (secondary N) is 1. The standard InChI is InChI=1S/C18H23N5O2/c1-4-12(2)23-16(7-9-20-23)21-18(25)15-11-22(13(3)24)10-14-6-5-8-19-17(14)15/h5-9,12,15H,4,10-11H2,1-3H3,(H,21,25). The molecule has 2 aromatic rings. The molecule has 7 heteroatoms. The topological polar surface area (TPSA) is 80.1 Å². The van der Waals surface area contributed by atoms with Crippen LogP contribution in [0.25, 0.3) is 0 Å². The highest BCUT2D eigenvalue weighted by atomic mass is 16.2. The lowest BCUT2D eigenvalue weighted by Crippen LogP contribution is -2.41. The van der Waals surface area contributed by atoms with Gasteiger partial charge < -0.3 is 10.2 Å². The number of hydrogen-bond donors (Lipinski definition) is 1. The van der Waals surface area contributed by atoms with Crippen LogP contribution < -0.4 is 5.32 Å². The van der Waals surface area contributed by atoms with Gasteiger partial charge in [0.05, 0.1) is 23.9 Å². The van der Waals surface area contributed by atoms with Crippen molar-refractivity contribution >= 4 is 17.6 Å².